The fourth-order valence-electron chi connectivity index (χ4n) is 3.34. The highest BCUT2D eigenvalue weighted by atomic mass is 32.1. The summed E-state index contributed by atoms with van der Waals surface area (Å²) in [7, 11) is 0. The molecule has 3 N–H and O–H groups in total. The Bertz CT molecular complexity index is 552. The summed E-state index contributed by atoms with van der Waals surface area (Å²) in [6, 6.07) is 8.03. The lowest BCUT2D eigenvalue weighted by Crippen LogP contribution is -2.48. The number of thiocarbonyl (C=S) groups is 1. The molecule has 1 saturated heterocycles. The van der Waals surface area contributed by atoms with E-state index in [0.717, 1.165) is 44.5 Å². The highest BCUT2D eigenvalue weighted by Gasteiger charge is 2.32. The van der Waals surface area contributed by atoms with Crippen molar-refractivity contribution in [1.82, 2.24) is 4.90 Å². The highest BCUT2D eigenvalue weighted by molar-refractivity contribution is 7.80. The van der Waals surface area contributed by atoms with Crippen LogP contribution in [-0.2, 0) is 11.2 Å². The normalized spacial score (nSPS) is 24.0. The lowest BCUT2D eigenvalue weighted by molar-refractivity contribution is -0.121. The summed E-state index contributed by atoms with van der Waals surface area (Å²) < 4.78 is 0. The highest BCUT2D eigenvalue weighted by Crippen LogP contribution is 2.26. The minimum absolute atomic E-state index is 0.0373. The Morgan fingerprint density at radius 2 is 1.95 bits per heavy atom. The maximum Gasteiger partial charge on any atom is 0.241 e. The number of benzene rings is 1. The molecule has 112 valence electrons. The van der Waals surface area contributed by atoms with Gasteiger partial charge in [-0.2, -0.15) is 0 Å². The first-order valence-corrected chi connectivity index (χ1v) is 7.98. The van der Waals surface area contributed by atoms with Crippen LogP contribution in [0.1, 0.15) is 24.8 Å². The van der Waals surface area contributed by atoms with Crippen molar-refractivity contribution in [3.63, 3.8) is 0 Å². The van der Waals surface area contributed by atoms with Crippen LogP contribution in [-0.4, -0.2) is 34.9 Å². The number of hydrogen-bond acceptors (Lipinski definition) is 3. The molecule has 3 rings (SSSR count). The topological polar surface area (TPSA) is 58.4 Å². The van der Waals surface area contributed by atoms with Crippen LogP contribution in [0.25, 0.3) is 0 Å². The van der Waals surface area contributed by atoms with Crippen LogP contribution in [0.2, 0.25) is 0 Å². The van der Waals surface area contributed by atoms with E-state index in [9.17, 15) is 4.79 Å². The average Bonchev–Trinajstić information content (AvgIpc) is 2.65. The Kier molecular flexibility index (Phi) is 4.22. The third-order valence-corrected chi connectivity index (χ3v) is 4.97. The molecule has 2 heterocycles. The van der Waals surface area contributed by atoms with E-state index in [-0.39, 0.29) is 11.9 Å². The molecular weight excluding hydrogens is 282 g/mol. The van der Waals surface area contributed by atoms with Crippen molar-refractivity contribution >= 4 is 28.8 Å². The minimum atomic E-state index is -0.0373. The average molecular weight is 303 g/mol. The van der Waals surface area contributed by atoms with Gasteiger partial charge in [0.25, 0.3) is 0 Å². The summed E-state index contributed by atoms with van der Waals surface area (Å²) in [6.45, 7) is 1.80. The monoisotopic (exact) mass is 303 g/mol. The molecule has 1 fully saturated rings. The number of nitrogens with two attached hydrogens (primary N) is 1. The lowest BCUT2D eigenvalue weighted by atomic mass is 9.94. The first kappa shape index (κ1) is 14.5. The molecule has 0 saturated carbocycles. The Hall–Kier alpha value is -1.46. The van der Waals surface area contributed by atoms with Crippen LogP contribution in [0.5, 0.6) is 0 Å². The quantitative estimate of drug-likeness (QED) is 0.820. The SMILES string of the molecule is NC(=S)C1CCN(C2CCc3ccccc3NC2=O)CC1. The van der Waals surface area contributed by atoms with Gasteiger partial charge < -0.3 is 11.1 Å². The molecule has 1 unspecified atom stereocenters. The van der Waals surface area contributed by atoms with Crippen molar-refractivity contribution in [1.29, 1.82) is 0 Å². The largest absolute Gasteiger partial charge is 0.393 e. The zero-order valence-corrected chi connectivity index (χ0v) is 12.9. The van der Waals surface area contributed by atoms with E-state index < -0.39 is 0 Å². The molecule has 4 nitrogen and oxygen atoms in total. The molecule has 2 aliphatic heterocycles. The van der Waals surface area contributed by atoms with E-state index in [0.29, 0.717) is 10.9 Å². The van der Waals surface area contributed by atoms with E-state index in [1.165, 1.54) is 5.56 Å². The van der Waals surface area contributed by atoms with Gasteiger partial charge in [0, 0.05) is 11.6 Å². The van der Waals surface area contributed by atoms with Crippen molar-refractivity contribution in [2.45, 2.75) is 31.7 Å². The van der Waals surface area contributed by atoms with Crippen molar-refractivity contribution in [2.24, 2.45) is 11.7 Å². The first-order chi connectivity index (χ1) is 10.1. The fraction of sp³-hybridized carbons (Fsp3) is 0.500. The summed E-state index contributed by atoms with van der Waals surface area (Å²) in [6.07, 6.45) is 3.74. The van der Waals surface area contributed by atoms with Crippen LogP contribution >= 0.6 is 12.2 Å². The third-order valence-electron chi connectivity index (χ3n) is 4.64. The number of amides is 1. The number of anilines is 1. The molecular formula is C16H21N3OS. The molecule has 1 amide bonds. The van der Waals surface area contributed by atoms with Crippen molar-refractivity contribution in [2.75, 3.05) is 18.4 Å². The van der Waals surface area contributed by atoms with Gasteiger partial charge >= 0.3 is 0 Å². The van der Waals surface area contributed by atoms with Crippen molar-refractivity contribution in [3.8, 4) is 0 Å². The van der Waals surface area contributed by atoms with Gasteiger partial charge in [-0.1, -0.05) is 30.4 Å². The molecule has 0 aliphatic carbocycles. The number of hydrogen-bond donors (Lipinski definition) is 2. The second kappa shape index (κ2) is 6.12. The van der Waals surface area contributed by atoms with Crippen molar-refractivity contribution in [3.05, 3.63) is 29.8 Å². The van der Waals surface area contributed by atoms with Gasteiger partial charge in [0.15, 0.2) is 0 Å². The molecule has 0 aromatic heterocycles. The minimum Gasteiger partial charge on any atom is -0.393 e. The lowest BCUT2D eigenvalue weighted by Gasteiger charge is -2.35. The molecule has 1 atom stereocenters. The smallest absolute Gasteiger partial charge is 0.241 e. The second-order valence-electron chi connectivity index (χ2n) is 5.91. The van der Waals surface area contributed by atoms with E-state index in [2.05, 4.69) is 16.3 Å². The molecule has 5 heteroatoms. The first-order valence-electron chi connectivity index (χ1n) is 7.57. The summed E-state index contributed by atoms with van der Waals surface area (Å²) in [5.74, 6) is 0.455. The summed E-state index contributed by atoms with van der Waals surface area (Å²) in [5, 5.41) is 3.07. The molecule has 0 bridgehead atoms. The number of rotatable bonds is 2. The van der Waals surface area contributed by atoms with Gasteiger partial charge in [0.2, 0.25) is 5.91 Å². The number of aryl methyl sites for hydroxylation is 1. The Morgan fingerprint density at radius 1 is 1.24 bits per heavy atom. The summed E-state index contributed by atoms with van der Waals surface area (Å²) in [4.78, 5) is 15.4. The van der Waals surface area contributed by atoms with Gasteiger partial charge in [-0.25, -0.2) is 0 Å². The molecule has 0 spiro atoms. The van der Waals surface area contributed by atoms with E-state index in [4.69, 9.17) is 18.0 Å². The molecule has 21 heavy (non-hydrogen) atoms. The number of fused-ring (bicyclic) bond motifs is 1. The van der Waals surface area contributed by atoms with Crippen LogP contribution in [0, 0.1) is 5.92 Å². The number of likely N-dealkylation sites (tertiary alicyclic amines) is 1. The maximum absolute atomic E-state index is 12.5. The van der Waals surface area contributed by atoms with Crippen LogP contribution in [0.4, 0.5) is 5.69 Å². The zero-order valence-electron chi connectivity index (χ0n) is 12.0. The molecule has 1 aromatic rings. The number of carbonyl (C=O) groups is 1. The van der Waals surface area contributed by atoms with Crippen LogP contribution in [0.15, 0.2) is 24.3 Å². The fourth-order valence-corrected chi connectivity index (χ4v) is 3.58. The number of carbonyl (C=O) groups excluding carboxylic acids is 1. The molecule has 0 radical (unpaired) electrons. The molecule has 1 aromatic carbocycles. The van der Waals surface area contributed by atoms with E-state index in [1.54, 1.807) is 0 Å². The van der Waals surface area contributed by atoms with Gasteiger partial charge in [-0.3, -0.25) is 9.69 Å². The zero-order chi connectivity index (χ0) is 14.8. The van der Waals surface area contributed by atoms with Crippen LogP contribution in [0.3, 0.4) is 0 Å². The van der Waals surface area contributed by atoms with Gasteiger partial charge in [0.1, 0.15) is 0 Å². The number of nitrogens with zero attached hydrogens (tertiary/aromatic N) is 1. The van der Waals surface area contributed by atoms with Gasteiger partial charge in [0.05, 0.1) is 11.0 Å². The maximum atomic E-state index is 12.5. The summed E-state index contributed by atoms with van der Waals surface area (Å²) in [5.41, 5.74) is 7.92. The second-order valence-corrected chi connectivity index (χ2v) is 6.38. The standard InChI is InChI=1S/C16H21N3OS/c17-15(21)12-7-9-19(10-8-12)14-6-5-11-3-1-2-4-13(11)18-16(14)20/h1-4,12,14H,5-10H2,(H2,17,21)(H,18,20). The predicted octanol–water partition coefficient (Wildman–Crippen LogP) is 1.94. The Balaban J connectivity index is 1.68. The van der Waals surface area contributed by atoms with E-state index >= 15 is 0 Å². The van der Waals surface area contributed by atoms with Crippen LogP contribution < -0.4 is 11.1 Å². The van der Waals surface area contributed by atoms with Gasteiger partial charge in [-0.15, -0.1) is 0 Å². The number of nitrogens with one attached hydrogen (secondary N) is 1. The number of para-hydroxylation sites is 1. The van der Waals surface area contributed by atoms with Crippen molar-refractivity contribution < 1.29 is 4.79 Å². The number of piperidine rings is 1. The Morgan fingerprint density at radius 3 is 2.67 bits per heavy atom. The van der Waals surface area contributed by atoms with Gasteiger partial charge in [-0.05, 0) is 50.4 Å². The predicted molar refractivity (Wildman–Crippen MR) is 88.3 cm³/mol. The molecule has 2 aliphatic rings. The third kappa shape index (κ3) is 3.09. The summed E-state index contributed by atoms with van der Waals surface area (Å²) >= 11 is 5.08. The van der Waals surface area contributed by atoms with E-state index in [1.807, 2.05) is 18.2 Å². The Labute approximate surface area is 130 Å².